The smallest absolute Gasteiger partial charge is 0.338 e. The highest BCUT2D eigenvalue weighted by atomic mass is 35.5. The number of aliphatic hydroxyl groups is 1. The van der Waals surface area contributed by atoms with Gasteiger partial charge in [0.05, 0.1) is 18.2 Å². The maximum Gasteiger partial charge on any atom is 0.338 e. The van der Waals surface area contributed by atoms with Crippen LogP contribution < -0.4 is 5.32 Å². The molecule has 0 aliphatic rings. The van der Waals surface area contributed by atoms with Crippen molar-refractivity contribution in [2.24, 2.45) is 0 Å². The van der Waals surface area contributed by atoms with E-state index in [0.29, 0.717) is 16.1 Å². The zero-order chi connectivity index (χ0) is 17.5. The number of benzene rings is 2. The van der Waals surface area contributed by atoms with E-state index in [1.54, 1.807) is 36.4 Å². The molecule has 0 saturated heterocycles. The van der Waals surface area contributed by atoms with Gasteiger partial charge in [0.2, 0.25) is 0 Å². The molecule has 0 fully saturated rings. The number of hydrogen-bond acceptors (Lipinski definition) is 4. The van der Waals surface area contributed by atoms with Gasteiger partial charge in [-0.3, -0.25) is 4.79 Å². The van der Waals surface area contributed by atoms with Crippen molar-refractivity contribution in [3.63, 3.8) is 0 Å². The summed E-state index contributed by atoms with van der Waals surface area (Å²) in [6.45, 7) is 1.37. The van der Waals surface area contributed by atoms with Crippen LogP contribution in [0.25, 0.3) is 0 Å². The first kappa shape index (κ1) is 18.0. The second kappa shape index (κ2) is 8.47. The molecule has 1 amide bonds. The van der Waals surface area contributed by atoms with Crippen LogP contribution in [0.2, 0.25) is 5.02 Å². The third-order valence-corrected chi connectivity index (χ3v) is 3.71. The fraction of sp³-hybridized carbons (Fsp3) is 0.222. The molecule has 2 N–H and O–H groups in total. The van der Waals surface area contributed by atoms with Gasteiger partial charge >= 0.3 is 5.97 Å². The number of rotatable bonds is 6. The van der Waals surface area contributed by atoms with Gasteiger partial charge < -0.3 is 15.2 Å². The third-order valence-electron chi connectivity index (χ3n) is 3.45. The lowest BCUT2D eigenvalue weighted by Crippen LogP contribution is -2.31. The normalized spacial score (nSPS) is 11.6. The highest BCUT2D eigenvalue weighted by Crippen LogP contribution is 2.15. The molecule has 0 aliphatic heterocycles. The number of esters is 1. The van der Waals surface area contributed by atoms with Crippen molar-refractivity contribution in [1.29, 1.82) is 0 Å². The Kier molecular flexibility index (Phi) is 6.35. The number of aliphatic hydroxyl groups excluding tert-OH is 1. The van der Waals surface area contributed by atoms with Gasteiger partial charge in [0.25, 0.3) is 5.91 Å². The Morgan fingerprint density at radius 3 is 2.33 bits per heavy atom. The summed E-state index contributed by atoms with van der Waals surface area (Å²) in [7, 11) is 0. The summed E-state index contributed by atoms with van der Waals surface area (Å²) in [6, 6.07) is 13.2. The van der Waals surface area contributed by atoms with E-state index in [4.69, 9.17) is 21.4 Å². The van der Waals surface area contributed by atoms with Crippen molar-refractivity contribution in [3.05, 3.63) is 70.2 Å². The highest BCUT2D eigenvalue weighted by molar-refractivity contribution is 6.30. The van der Waals surface area contributed by atoms with Crippen LogP contribution in [0.15, 0.2) is 48.5 Å². The van der Waals surface area contributed by atoms with E-state index in [-0.39, 0.29) is 19.3 Å². The second-order valence-corrected chi connectivity index (χ2v) is 5.71. The van der Waals surface area contributed by atoms with Crippen LogP contribution in [-0.2, 0) is 16.1 Å². The molecule has 126 valence electrons. The Morgan fingerprint density at radius 1 is 1.12 bits per heavy atom. The lowest BCUT2D eigenvalue weighted by Gasteiger charge is -2.14. The number of ether oxygens (including phenoxy) is 1. The van der Waals surface area contributed by atoms with Gasteiger partial charge in [-0.15, -0.1) is 0 Å². The van der Waals surface area contributed by atoms with Gasteiger partial charge in [0.15, 0.2) is 6.61 Å². The van der Waals surface area contributed by atoms with E-state index in [2.05, 4.69) is 5.32 Å². The van der Waals surface area contributed by atoms with Gasteiger partial charge in [-0.25, -0.2) is 4.79 Å². The fourth-order valence-corrected chi connectivity index (χ4v) is 2.20. The highest BCUT2D eigenvalue weighted by Gasteiger charge is 2.13. The summed E-state index contributed by atoms with van der Waals surface area (Å²) in [6.07, 6.45) is 0. The molecule has 5 nitrogen and oxygen atoms in total. The van der Waals surface area contributed by atoms with Crippen molar-refractivity contribution < 1.29 is 19.4 Å². The maximum atomic E-state index is 11.9. The summed E-state index contributed by atoms with van der Waals surface area (Å²) in [5.74, 6) is -0.980. The molecule has 0 heterocycles. The number of halogens is 1. The van der Waals surface area contributed by atoms with E-state index < -0.39 is 11.9 Å². The van der Waals surface area contributed by atoms with E-state index in [0.717, 1.165) is 5.56 Å². The summed E-state index contributed by atoms with van der Waals surface area (Å²) in [5, 5.41) is 12.3. The Balaban J connectivity index is 1.83. The van der Waals surface area contributed by atoms with Crippen molar-refractivity contribution >= 4 is 23.5 Å². The number of hydrogen-bond donors (Lipinski definition) is 2. The minimum Gasteiger partial charge on any atom is -0.452 e. The Hall–Kier alpha value is -2.37. The van der Waals surface area contributed by atoms with Crippen molar-refractivity contribution in [1.82, 2.24) is 5.32 Å². The molecular formula is C18H18ClNO4. The predicted octanol–water partition coefficient (Wildman–Crippen LogP) is 2.87. The number of amides is 1. The number of nitrogens with one attached hydrogen (secondary N) is 1. The van der Waals surface area contributed by atoms with Crippen molar-refractivity contribution in [3.8, 4) is 0 Å². The first-order chi connectivity index (χ1) is 11.5. The van der Waals surface area contributed by atoms with Crippen LogP contribution in [-0.4, -0.2) is 23.6 Å². The second-order valence-electron chi connectivity index (χ2n) is 5.27. The van der Waals surface area contributed by atoms with E-state index in [1.807, 2.05) is 19.1 Å². The van der Waals surface area contributed by atoms with Gasteiger partial charge in [0.1, 0.15) is 0 Å². The van der Waals surface area contributed by atoms with Gasteiger partial charge in [-0.1, -0.05) is 35.9 Å². The first-order valence-electron chi connectivity index (χ1n) is 7.41. The molecule has 0 aromatic heterocycles. The van der Waals surface area contributed by atoms with Crippen molar-refractivity contribution in [2.45, 2.75) is 19.6 Å². The average Bonchev–Trinajstić information content (AvgIpc) is 2.60. The third kappa shape index (κ3) is 5.08. The lowest BCUT2D eigenvalue weighted by atomic mass is 10.1. The molecule has 2 aromatic carbocycles. The standard InChI is InChI=1S/C18H18ClNO4/c1-12(14-6-8-16(19)9-7-14)20-17(22)11-24-18(23)15-4-2-13(10-21)3-5-15/h2-9,12,21H,10-11H2,1H3,(H,20,22)/t12-/m0/s1. The summed E-state index contributed by atoms with van der Waals surface area (Å²) in [5.41, 5.74) is 1.92. The van der Waals surface area contributed by atoms with E-state index in [1.165, 1.54) is 0 Å². The van der Waals surface area contributed by atoms with Crippen LogP contribution in [0.3, 0.4) is 0 Å². The Bertz CT molecular complexity index is 698. The zero-order valence-electron chi connectivity index (χ0n) is 13.2. The minimum absolute atomic E-state index is 0.0969. The summed E-state index contributed by atoms with van der Waals surface area (Å²) >= 11 is 5.83. The lowest BCUT2D eigenvalue weighted by molar-refractivity contribution is -0.124. The Labute approximate surface area is 145 Å². The van der Waals surface area contributed by atoms with Crippen LogP contribution in [0, 0.1) is 0 Å². The quantitative estimate of drug-likeness (QED) is 0.788. The van der Waals surface area contributed by atoms with Gasteiger partial charge in [-0.05, 0) is 42.3 Å². The molecule has 0 spiro atoms. The zero-order valence-corrected chi connectivity index (χ0v) is 13.9. The molecule has 2 rings (SSSR count). The van der Waals surface area contributed by atoms with Gasteiger partial charge in [0, 0.05) is 5.02 Å². The molecule has 0 aliphatic carbocycles. The molecule has 1 atom stereocenters. The molecule has 24 heavy (non-hydrogen) atoms. The molecule has 0 radical (unpaired) electrons. The monoisotopic (exact) mass is 347 g/mol. The maximum absolute atomic E-state index is 11.9. The minimum atomic E-state index is -0.589. The summed E-state index contributed by atoms with van der Waals surface area (Å²) < 4.78 is 4.98. The van der Waals surface area contributed by atoms with Gasteiger partial charge in [-0.2, -0.15) is 0 Å². The molecule has 2 aromatic rings. The first-order valence-corrected chi connectivity index (χ1v) is 7.79. The van der Waals surface area contributed by atoms with E-state index in [9.17, 15) is 9.59 Å². The van der Waals surface area contributed by atoms with Crippen LogP contribution in [0.4, 0.5) is 0 Å². The molecule has 0 saturated carbocycles. The molecular weight excluding hydrogens is 330 g/mol. The SMILES string of the molecule is C[C@H](NC(=O)COC(=O)c1ccc(CO)cc1)c1ccc(Cl)cc1. The molecule has 0 bridgehead atoms. The largest absolute Gasteiger partial charge is 0.452 e. The number of carbonyl (C=O) groups is 2. The average molecular weight is 348 g/mol. The van der Waals surface area contributed by atoms with Crippen molar-refractivity contribution in [2.75, 3.05) is 6.61 Å². The topological polar surface area (TPSA) is 75.6 Å². The van der Waals surface area contributed by atoms with E-state index >= 15 is 0 Å². The van der Waals surface area contributed by atoms with Crippen LogP contribution >= 0.6 is 11.6 Å². The molecule has 6 heteroatoms. The summed E-state index contributed by atoms with van der Waals surface area (Å²) in [4.78, 5) is 23.7. The molecule has 0 unspecified atom stereocenters. The Morgan fingerprint density at radius 2 is 1.75 bits per heavy atom. The predicted molar refractivity (Wildman–Crippen MR) is 90.7 cm³/mol. The number of carbonyl (C=O) groups excluding carboxylic acids is 2. The fourth-order valence-electron chi connectivity index (χ4n) is 2.08. The van der Waals surface area contributed by atoms with Crippen LogP contribution in [0.1, 0.15) is 34.5 Å². The van der Waals surface area contributed by atoms with Crippen LogP contribution in [0.5, 0.6) is 0 Å².